The summed E-state index contributed by atoms with van der Waals surface area (Å²) in [6.45, 7) is 1.56. The fourth-order valence-electron chi connectivity index (χ4n) is 5.47. The van der Waals surface area contributed by atoms with E-state index in [9.17, 15) is 9.59 Å². The molecular weight excluding hydrogens is 390 g/mol. The Kier molecular flexibility index (Phi) is 5.44. The van der Waals surface area contributed by atoms with Gasteiger partial charge in [-0.3, -0.25) is 14.3 Å². The Balaban J connectivity index is 1.40. The van der Waals surface area contributed by atoms with Crippen molar-refractivity contribution >= 4 is 22.8 Å². The second kappa shape index (κ2) is 8.24. The highest BCUT2D eigenvalue weighted by Gasteiger charge is 2.33. The molecule has 0 atom stereocenters. The summed E-state index contributed by atoms with van der Waals surface area (Å²) in [5.41, 5.74) is 3.47. The normalized spacial score (nSPS) is 20.9. The molecule has 3 heterocycles. The summed E-state index contributed by atoms with van der Waals surface area (Å²) in [7, 11) is 3.60. The van der Waals surface area contributed by atoms with Crippen molar-refractivity contribution < 1.29 is 9.59 Å². The second-order valence-corrected chi connectivity index (χ2v) is 9.59. The van der Waals surface area contributed by atoms with E-state index in [1.807, 2.05) is 17.8 Å². The maximum atomic E-state index is 12.9. The first-order valence-electron chi connectivity index (χ1n) is 11.9. The van der Waals surface area contributed by atoms with Crippen LogP contribution in [-0.4, -0.2) is 51.6 Å². The molecule has 1 N–H and O–H groups in total. The van der Waals surface area contributed by atoms with E-state index in [1.165, 1.54) is 19.3 Å². The van der Waals surface area contributed by atoms with Gasteiger partial charge in [0.2, 0.25) is 5.91 Å². The minimum Gasteiger partial charge on any atom is -0.355 e. The Labute approximate surface area is 183 Å². The van der Waals surface area contributed by atoms with Gasteiger partial charge in [-0.15, -0.1) is 0 Å². The second-order valence-electron chi connectivity index (χ2n) is 9.59. The lowest BCUT2D eigenvalue weighted by atomic mass is 9.86. The first kappa shape index (κ1) is 20.5. The molecule has 3 aliphatic rings. The SMILES string of the molecule is CNC(=O)c1cc(C2CC2)nc2c1c(C1CCN(C(=O)C3CCCCC3)CC1)nn2C. The van der Waals surface area contributed by atoms with Gasteiger partial charge >= 0.3 is 0 Å². The number of rotatable bonds is 4. The van der Waals surface area contributed by atoms with Crippen LogP contribution in [0.25, 0.3) is 11.0 Å². The molecule has 7 nitrogen and oxygen atoms in total. The van der Waals surface area contributed by atoms with E-state index < -0.39 is 0 Å². The van der Waals surface area contributed by atoms with Gasteiger partial charge in [0, 0.05) is 50.6 Å². The summed E-state index contributed by atoms with van der Waals surface area (Å²) >= 11 is 0. The van der Waals surface area contributed by atoms with Crippen molar-refractivity contribution in [3.63, 3.8) is 0 Å². The molecule has 0 radical (unpaired) electrons. The average Bonchev–Trinajstić information content (AvgIpc) is 3.62. The van der Waals surface area contributed by atoms with Gasteiger partial charge in [-0.05, 0) is 44.6 Å². The lowest BCUT2D eigenvalue weighted by molar-refractivity contribution is -0.137. The van der Waals surface area contributed by atoms with E-state index in [0.717, 1.165) is 74.0 Å². The number of aromatic nitrogens is 3. The van der Waals surface area contributed by atoms with Gasteiger partial charge in [0.05, 0.1) is 16.6 Å². The van der Waals surface area contributed by atoms with Gasteiger partial charge in [-0.2, -0.15) is 5.10 Å². The number of fused-ring (bicyclic) bond motifs is 1. The van der Waals surface area contributed by atoms with E-state index in [2.05, 4.69) is 10.2 Å². The summed E-state index contributed by atoms with van der Waals surface area (Å²) in [6, 6.07) is 1.98. The summed E-state index contributed by atoms with van der Waals surface area (Å²) in [5, 5.41) is 8.54. The molecule has 166 valence electrons. The smallest absolute Gasteiger partial charge is 0.251 e. The Morgan fingerprint density at radius 3 is 2.35 bits per heavy atom. The quantitative estimate of drug-likeness (QED) is 0.816. The fraction of sp³-hybridized carbons (Fsp3) is 0.667. The van der Waals surface area contributed by atoms with E-state index in [1.54, 1.807) is 7.05 Å². The van der Waals surface area contributed by atoms with Gasteiger partial charge < -0.3 is 10.2 Å². The van der Waals surface area contributed by atoms with E-state index >= 15 is 0 Å². The van der Waals surface area contributed by atoms with Crippen molar-refractivity contribution in [2.45, 2.75) is 69.6 Å². The topological polar surface area (TPSA) is 80.1 Å². The molecule has 5 rings (SSSR count). The molecule has 3 fully saturated rings. The number of aryl methyl sites for hydroxylation is 1. The first-order chi connectivity index (χ1) is 15.1. The Hall–Kier alpha value is -2.44. The standard InChI is InChI=1S/C24H33N5O2/c1-25-23(30)18-14-19(15-8-9-15)26-22-20(18)21(27-28(22)2)16-10-12-29(13-11-16)24(31)17-6-4-3-5-7-17/h14-17H,3-13H2,1-2H3,(H,25,30). The minimum atomic E-state index is -0.0755. The third kappa shape index (κ3) is 3.83. The number of nitrogens with one attached hydrogen (secondary N) is 1. The predicted molar refractivity (Wildman–Crippen MR) is 119 cm³/mol. The molecular formula is C24H33N5O2. The van der Waals surface area contributed by atoms with Crippen LogP contribution < -0.4 is 5.32 Å². The zero-order chi connectivity index (χ0) is 21.5. The lowest BCUT2D eigenvalue weighted by Gasteiger charge is -2.35. The van der Waals surface area contributed by atoms with Gasteiger partial charge in [0.25, 0.3) is 5.91 Å². The summed E-state index contributed by atoms with van der Waals surface area (Å²) in [5.74, 6) is 1.22. The molecule has 1 aliphatic heterocycles. The van der Waals surface area contributed by atoms with Gasteiger partial charge in [-0.1, -0.05) is 19.3 Å². The molecule has 2 aliphatic carbocycles. The first-order valence-corrected chi connectivity index (χ1v) is 11.9. The third-order valence-electron chi connectivity index (χ3n) is 7.46. The number of hydrogen-bond acceptors (Lipinski definition) is 4. The van der Waals surface area contributed by atoms with Crippen molar-refractivity contribution in [3.05, 3.63) is 23.0 Å². The van der Waals surface area contributed by atoms with Crippen LogP contribution in [0.4, 0.5) is 0 Å². The maximum absolute atomic E-state index is 12.9. The molecule has 1 saturated heterocycles. The molecule has 7 heteroatoms. The van der Waals surface area contributed by atoms with Crippen molar-refractivity contribution in [2.24, 2.45) is 13.0 Å². The number of carbonyl (C=O) groups excluding carboxylic acids is 2. The van der Waals surface area contributed by atoms with Gasteiger partial charge in [0.15, 0.2) is 5.65 Å². The molecule has 2 amide bonds. The summed E-state index contributed by atoms with van der Waals surface area (Å²) in [4.78, 5) is 32.7. The average molecular weight is 424 g/mol. The van der Waals surface area contributed by atoms with Gasteiger partial charge in [0.1, 0.15) is 0 Å². The highest BCUT2D eigenvalue weighted by atomic mass is 16.2. The van der Waals surface area contributed by atoms with Crippen molar-refractivity contribution in [3.8, 4) is 0 Å². The van der Waals surface area contributed by atoms with Gasteiger partial charge in [-0.25, -0.2) is 4.98 Å². The number of carbonyl (C=O) groups is 2. The molecule has 0 unspecified atom stereocenters. The predicted octanol–water partition coefficient (Wildman–Crippen LogP) is 3.49. The highest BCUT2D eigenvalue weighted by molar-refractivity contribution is 6.06. The summed E-state index contributed by atoms with van der Waals surface area (Å²) < 4.78 is 1.84. The zero-order valence-electron chi connectivity index (χ0n) is 18.7. The monoisotopic (exact) mass is 423 g/mol. The van der Waals surface area contributed by atoms with Crippen LogP contribution in [0.2, 0.25) is 0 Å². The Bertz CT molecular complexity index is 995. The van der Waals surface area contributed by atoms with E-state index in [0.29, 0.717) is 17.4 Å². The minimum absolute atomic E-state index is 0.0755. The molecule has 2 saturated carbocycles. The number of piperidine rings is 1. The molecule has 2 aromatic heterocycles. The van der Waals surface area contributed by atoms with E-state index in [4.69, 9.17) is 10.1 Å². The van der Waals surface area contributed by atoms with Crippen LogP contribution in [-0.2, 0) is 11.8 Å². The van der Waals surface area contributed by atoms with Crippen molar-refractivity contribution in [2.75, 3.05) is 20.1 Å². The zero-order valence-corrected chi connectivity index (χ0v) is 18.7. The fourth-order valence-corrected chi connectivity index (χ4v) is 5.47. The van der Waals surface area contributed by atoms with Crippen LogP contribution in [0.5, 0.6) is 0 Å². The Morgan fingerprint density at radius 1 is 1.00 bits per heavy atom. The number of amides is 2. The van der Waals surface area contributed by atoms with Crippen LogP contribution in [0.3, 0.4) is 0 Å². The third-order valence-corrected chi connectivity index (χ3v) is 7.46. The van der Waals surface area contributed by atoms with Crippen molar-refractivity contribution in [1.29, 1.82) is 0 Å². The molecule has 0 bridgehead atoms. The van der Waals surface area contributed by atoms with E-state index in [-0.39, 0.29) is 17.7 Å². The number of pyridine rings is 1. The Morgan fingerprint density at radius 2 is 1.71 bits per heavy atom. The molecule has 2 aromatic rings. The number of likely N-dealkylation sites (tertiary alicyclic amines) is 1. The van der Waals surface area contributed by atoms with Crippen LogP contribution in [0.15, 0.2) is 6.07 Å². The van der Waals surface area contributed by atoms with Crippen LogP contribution in [0, 0.1) is 5.92 Å². The molecule has 0 aromatic carbocycles. The molecule has 0 spiro atoms. The number of nitrogens with zero attached hydrogens (tertiary/aromatic N) is 4. The van der Waals surface area contributed by atoms with Crippen LogP contribution in [0.1, 0.15) is 91.4 Å². The van der Waals surface area contributed by atoms with Crippen molar-refractivity contribution in [1.82, 2.24) is 25.0 Å². The highest BCUT2D eigenvalue weighted by Crippen LogP contribution is 2.41. The van der Waals surface area contributed by atoms with Crippen LogP contribution >= 0.6 is 0 Å². The summed E-state index contributed by atoms with van der Waals surface area (Å²) in [6.07, 6.45) is 9.80. The largest absolute Gasteiger partial charge is 0.355 e. The maximum Gasteiger partial charge on any atom is 0.251 e. The lowest BCUT2D eigenvalue weighted by Crippen LogP contribution is -2.42. The number of hydrogen-bond donors (Lipinski definition) is 1. The molecule has 31 heavy (non-hydrogen) atoms.